The first-order valence-electron chi connectivity index (χ1n) is 11.1. The van der Waals surface area contributed by atoms with Crippen LogP contribution in [0.3, 0.4) is 0 Å². The van der Waals surface area contributed by atoms with E-state index in [4.69, 9.17) is 0 Å². The first-order chi connectivity index (χ1) is 13.3. The van der Waals surface area contributed by atoms with Crippen molar-refractivity contribution < 1.29 is 9.90 Å². The lowest BCUT2D eigenvalue weighted by molar-refractivity contribution is -0.138. The molecule has 5 rings (SSSR count). The third-order valence-electron chi connectivity index (χ3n) is 9.40. The molecule has 3 heteroatoms. The Labute approximate surface area is 168 Å². The SMILES string of the molecule is CN1C(=O)C=C[C@@]2(C)C1CC[C@@H]1[C@H]2CC[C@]2(C)C(c3cccc(O)c3)CC[C@@H]12. The summed E-state index contributed by atoms with van der Waals surface area (Å²) in [7, 11) is 2.00. The van der Waals surface area contributed by atoms with Crippen LogP contribution in [0.5, 0.6) is 5.75 Å². The number of aromatic hydroxyl groups is 1. The van der Waals surface area contributed by atoms with Crippen molar-refractivity contribution in [3.05, 3.63) is 42.0 Å². The van der Waals surface area contributed by atoms with Gasteiger partial charge in [0, 0.05) is 18.5 Å². The zero-order valence-electron chi connectivity index (χ0n) is 17.4. The second-order valence-electron chi connectivity index (χ2n) is 10.4. The van der Waals surface area contributed by atoms with Crippen molar-refractivity contribution in [2.24, 2.45) is 28.6 Å². The molecule has 3 fully saturated rings. The second-order valence-corrected chi connectivity index (χ2v) is 10.4. The molecule has 1 aromatic carbocycles. The van der Waals surface area contributed by atoms with E-state index in [2.05, 4.69) is 26.0 Å². The number of phenolic OH excluding ortho intramolecular Hbond substituents is 1. The van der Waals surface area contributed by atoms with Crippen molar-refractivity contribution in [3.8, 4) is 5.75 Å². The fraction of sp³-hybridized carbons (Fsp3) is 0.640. The van der Waals surface area contributed by atoms with Crippen LogP contribution in [0, 0.1) is 28.6 Å². The third kappa shape index (κ3) is 2.37. The van der Waals surface area contributed by atoms with Crippen LogP contribution in [-0.2, 0) is 4.79 Å². The van der Waals surface area contributed by atoms with Crippen LogP contribution in [0.25, 0.3) is 0 Å². The average molecular weight is 380 g/mol. The number of hydrogen-bond acceptors (Lipinski definition) is 2. The largest absolute Gasteiger partial charge is 0.508 e. The van der Waals surface area contributed by atoms with Gasteiger partial charge in [-0.1, -0.05) is 32.1 Å². The van der Waals surface area contributed by atoms with Gasteiger partial charge in [-0.05, 0) is 91.4 Å². The van der Waals surface area contributed by atoms with E-state index in [0.29, 0.717) is 29.0 Å². The molecule has 3 nitrogen and oxygen atoms in total. The van der Waals surface area contributed by atoms with Crippen LogP contribution in [0.1, 0.15) is 63.9 Å². The number of carbonyl (C=O) groups excluding carboxylic acids is 1. The molecule has 2 unspecified atom stereocenters. The number of phenols is 1. The van der Waals surface area contributed by atoms with E-state index in [9.17, 15) is 9.90 Å². The number of hydrogen-bond donors (Lipinski definition) is 1. The molecular weight excluding hydrogens is 346 g/mol. The quantitative estimate of drug-likeness (QED) is 0.736. The molecule has 1 aromatic rings. The Kier molecular flexibility index (Phi) is 3.99. The molecule has 0 saturated heterocycles. The maximum absolute atomic E-state index is 12.2. The number of benzene rings is 1. The summed E-state index contributed by atoms with van der Waals surface area (Å²) in [6.45, 7) is 4.94. The highest BCUT2D eigenvalue weighted by Crippen LogP contribution is 2.67. The molecule has 3 saturated carbocycles. The minimum Gasteiger partial charge on any atom is -0.508 e. The van der Waals surface area contributed by atoms with E-state index < -0.39 is 0 Å². The monoisotopic (exact) mass is 379 g/mol. The van der Waals surface area contributed by atoms with Crippen molar-refractivity contribution >= 4 is 5.91 Å². The average Bonchev–Trinajstić information content (AvgIpc) is 3.02. The third-order valence-corrected chi connectivity index (χ3v) is 9.40. The number of rotatable bonds is 1. The molecule has 3 aliphatic carbocycles. The Morgan fingerprint density at radius 3 is 2.68 bits per heavy atom. The molecule has 7 atom stereocenters. The zero-order chi connectivity index (χ0) is 19.7. The van der Waals surface area contributed by atoms with Gasteiger partial charge in [-0.2, -0.15) is 0 Å². The lowest BCUT2D eigenvalue weighted by Crippen LogP contribution is -2.59. The maximum atomic E-state index is 12.2. The molecule has 0 aromatic heterocycles. The van der Waals surface area contributed by atoms with Crippen LogP contribution in [0.4, 0.5) is 0 Å². The maximum Gasteiger partial charge on any atom is 0.246 e. The van der Waals surface area contributed by atoms with Gasteiger partial charge in [0.25, 0.3) is 0 Å². The summed E-state index contributed by atoms with van der Waals surface area (Å²) in [4.78, 5) is 14.2. The van der Waals surface area contributed by atoms with Gasteiger partial charge < -0.3 is 10.0 Å². The number of nitrogens with zero attached hydrogens (tertiary/aromatic N) is 1. The van der Waals surface area contributed by atoms with Crippen LogP contribution >= 0.6 is 0 Å². The number of carbonyl (C=O) groups is 1. The van der Waals surface area contributed by atoms with E-state index in [-0.39, 0.29) is 11.3 Å². The lowest BCUT2D eigenvalue weighted by atomic mass is 9.47. The molecule has 1 heterocycles. The van der Waals surface area contributed by atoms with E-state index in [1.165, 1.54) is 37.7 Å². The molecular formula is C25H33NO2. The van der Waals surface area contributed by atoms with Gasteiger partial charge in [-0.15, -0.1) is 0 Å². The fourth-order valence-electron chi connectivity index (χ4n) is 8.03. The van der Waals surface area contributed by atoms with Gasteiger partial charge in [0.05, 0.1) is 0 Å². The second kappa shape index (κ2) is 6.11. The normalized spacial score (nSPS) is 44.8. The molecule has 1 amide bonds. The minimum absolute atomic E-state index is 0.121. The minimum atomic E-state index is 0.121. The van der Waals surface area contributed by atoms with E-state index >= 15 is 0 Å². The summed E-state index contributed by atoms with van der Waals surface area (Å²) in [5.74, 6) is 3.32. The van der Waals surface area contributed by atoms with Crippen molar-refractivity contribution in [1.82, 2.24) is 4.90 Å². The van der Waals surface area contributed by atoms with Crippen LogP contribution in [-0.4, -0.2) is 29.0 Å². The number of amides is 1. The number of fused-ring (bicyclic) bond motifs is 5. The van der Waals surface area contributed by atoms with E-state index in [1.54, 1.807) is 6.07 Å². The van der Waals surface area contributed by atoms with Gasteiger partial charge >= 0.3 is 0 Å². The van der Waals surface area contributed by atoms with Crippen LogP contribution in [0.2, 0.25) is 0 Å². The van der Waals surface area contributed by atoms with Crippen molar-refractivity contribution in [2.75, 3.05) is 7.05 Å². The summed E-state index contributed by atoms with van der Waals surface area (Å²) >= 11 is 0. The Morgan fingerprint density at radius 1 is 1.07 bits per heavy atom. The Hall–Kier alpha value is -1.77. The van der Waals surface area contributed by atoms with Crippen molar-refractivity contribution in [2.45, 2.75) is 64.3 Å². The Bertz CT molecular complexity index is 832. The highest BCUT2D eigenvalue weighted by Gasteiger charge is 2.60. The summed E-state index contributed by atoms with van der Waals surface area (Å²) in [6, 6.07) is 8.35. The smallest absolute Gasteiger partial charge is 0.246 e. The Morgan fingerprint density at radius 2 is 1.89 bits per heavy atom. The molecule has 4 aliphatic rings. The lowest BCUT2D eigenvalue weighted by Gasteiger charge is -2.60. The molecule has 1 aliphatic heterocycles. The summed E-state index contributed by atoms with van der Waals surface area (Å²) in [5, 5.41) is 10.0. The highest BCUT2D eigenvalue weighted by atomic mass is 16.3. The molecule has 28 heavy (non-hydrogen) atoms. The van der Waals surface area contributed by atoms with Crippen LogP contribution < -0.4 is 0 Å². The first kappa shape index (κ1) is 18.3. The predicted octanol–water partition coefficient (Wildman–Crippen LogP) is 5.12. The van der Waals surface area contributed by atoms with Gasteiger partial charge in [0.15, 0.2) is 0 Å². The van der Waals surface area contributed by atoms with Gasteiger partial charge in [-0.25, -0.2) is 0 Å². The van der Waals surface area contributed by atoms with E-state index in [1.807, 2.05) is 30.2 Å². The summed E-state index contributed by atoms with van der Waals surface area (Å²) in [6.07, 6.45) is 11.5. The Balaban J connectivity index is 1.47. The summed E-state index contributed by atoms with van der Waals surface area (Å²) in [5.41, 5.74) is 1.78. The molecule has 0 spiro atoms. The van der Waals surface area contributed by atoms with Gasteiger partial charge in [-0.3, -0.25) is 4.79 Å². The molecule has 0 bridgehead atoms. The zero-order valence-corrected chi connectivity index (χ0v) is 17.4. The van der Waals surface area contributed by atoms with Crippen LogP contribution in [0.15, 0.2) is 36.4 Å². The summed E-state index contributed by atoms with van der Waals surface area (Å²) < 4.78 is 0. The van der Waals surface area contributed by atoms with Crippen molar-refractivity contribution in [3.63, 3.8) is 0 Å². The van der Waals surface area contributed by atoms with Crippen molar-refractivity contribution in [1.29, 1.82) is 0 Å². The van der Waals surface area contributed by atoms with E-state index in [0.717, 1.165) is 18.3 Å². The standard InChI is InChI=1S/C25H33NO2/c1-24-13-11-21-18(7-10-22-25(21,2)14-12-23(28)26(22)3)20(24)9-8-19(24)16-5-4-6-17(27)15-16/h4-6,12,14-15,18-22,27H,7-11,13H2,1-3H3/t18-,19?,20-,21+,22?,24+,25+/m0/s1. The topological polar surface area (TPSA) is 40.5 Å². The van der Waals surface area contributed by atoms with Gasteiger partial charge in [0.2, 0.25) is 5.91 Å². The molecule has 150 valence electrons. The van der Waals surface area contributed by atoms with Gasteiger partial charge in [0.1, 0.15) is 5.75 Å². The predicted molar refractivity (Wildman–Crippen MR) is 111 cm³/mol. The molecule has 1 N–H and O–H groups in total. The molecule has 0 radical (unpaired) electrons. The number of likely N-dealkylation sites (N-methyl/N-ethyl adjacent to an activating group) is 1. The highest BCUT2D eigenvalue weighted by molar-refractivity contribution is 5.89. The fourth-order valence-corrected chi connectivity index (χ4v) is 8.03. The first-order valence-corrected chi connectivity index (χ1v) is 11.1.